The third-order valence-electron chi connectivity index (χ3n) is 5.34. The molecule has 0 saturated carbocycles. The van der Waals surface area contributed by atoms with E-state index < -0.39 is 47.6 Å². The number of benzene rings is 2. The molecule has 0 radical (unpaired) electrons. The van der Waals surface area contributed by atoms with Crippen LogP contribution in [0.2, 0.25) is 0 Å². The lowest BCUT2D eigenvalue weighted by Gasteiger charge is -2.26. The number of carbonyl (C=O) groups is 4. The monoisotopic (exact) mass is 543 g/mol. The van der Waals surface area contributed by atoms with Crippen molar-refractivity contribution < 1.29 is 28.7 Å². The van der Waals surface area contributed by atoms with E-state index in [0.717, 1.165) is 11.1 Å². The molecule has 0 unspecified atom stereocenters. The minimum atomic E-state index is -1.02. The number of rotatable bonds is 12. The molecule has 206 valence electrons. The predicted octanol–water partition coefficient (Wildman–Crippen LogP) is 2.87. The molecule has 3 N–H and O–H groups in total. The lowest BCUT2D eigenvalue weighted by Crippen LogP contribution is -2.57. The van der Waals surface area contributed by atoms with Crippen molar-refractivity contribution in [3.8, 4) is 0 Å². The number of amides is 3. The van der Waals surface area contributed by atoms with E-state index in [-0.39, 0.29) is 12.8 Å². The second-order valence-electron chi connectivity index (χ2n) is 9.68. The van der Waals surface area contributed by atoms with Crippen LogP contribution in [0.4, 0.5) is 4.79 Å². The molecule has 0 aliphatic heterocycles. The van der Waals surface area contributed by atoms with Crippen LogP contribution in [0.15, 0.2) is 60.7 Å². The molecule has 0 aromatic heterocycles. The minimum Gasteiger partial charge on any atom is -0.467 e. The van der Waals surface area contributed by atoms with Gasteiger partial charge in [-0.15, -0.1) is 0 Å². The van der Waals surface area contributed by atoms with Gasteiger partial charge in [0.25, 0.3) is 0 Å². The number of hydrogen-bond donors (Lipinski definition) is 3. The first-order chi connectivity index (χ1) is 18.0. The molecule has 2 rings (SSSR count). The van der Waals surface area contributed by atoms with Crippen molar-refractivity contribution in [2.75, 3.05) is 19.1 Å². The molecule has 0 aliphatic carbocycles. The van der Waals surface area contributed by atoms with Crippen molar-refractivity contribution in [2.24, 2.45) is 0 Å². The van der Waals surface area contributed by atoms with Gasteiger partial charge >= 0.3 is 12.1 Å². The molecule has 2 aromatic rings. The molecule has 0 heterocycles. The topological polar surface area (TPSA) is 123 Å². The highest BCUT2D eigenvalue weighted by Gasteiger charge is 2.31. The number of carbonyl (C=O) groups excluding carboxylic acids is 4. The summed E-state index contributed by atoms with van der Waals surface area (Å²) in [5.41, 5.74) is 0.874. The van der Waals surface area contributed by atoms with E-state index in [0.29, 0.717) is 5.75 Å². The second kappa shape index (κ2) is 15.0. The maximum absolute atomic E-state index is 13.5. The Labute approximate surface area is 228 Å². The number of thioether (sulfide) groups is 1. The molecule has 38 heavy (non-hydrogen) atoms. The van der Waals surface area contributed by atoms with Gasteiger partial charge in [0, 0.05) is 18.6 Å². The summed E-state index contributed by atoms with van der Waals surface area (Å²) in [6.07, 6.45) is 1.42. The third-order valence-corrected chi connectivity index (χ3v) is 6.01. The summed E-state index contributed by atoms with van der Waals surface area (Å²) in [4.78, 5) is 51.6. The fourth-order valence-electron chi connectivity index (χ4n) is 3.59. The number of nitrogens with one attached hydrogen (secondary N) is 3. The minimum absolute atomic E-state index is 0.177. The van der Waals surface area contributed by atoms with Crippen LogP contribution < -0.4 is 16.0 Å². The molecule has 0 saturated heterocycles. The first-order valence-electron chi connectivity index (χ1n) is 12.3. The van der Waals surface area contributed by atoms with Gasteiger partial charge in [-0.1, -0.05) is 60.7 Å². The average molecular weight is 544 g/mol. The molecule has 2 aromatic carbocycles. The Morgan fingerprint density at radius 3 is 1.63 bits per heavy atom. The molecule has 0 fully saturated rings. The highest BCUT2D eigenvalue weighted by atomic mass is 32.2. The largest absolute Gasteiger partial charge is 0.467 e. The van der Waals surface area contributed by atoms with Crippen LogP contribution in [0.1, 0.15) is 31.9 Å². The van der Waals surface area contributed by atoms with Crippen LogP contribution in [-0.4, -0.2) is 66.7 Å². The summed E-state index contributed by atoms with van der Waals surface area (Å²) in [7, 11) is 1.25. The molecular weight excluding hydrogens is 506 g/mol. The smallest absolute Gasteiger partial charge is 0.408 e. The molecule has 9 nitrogen and oxygen atoms in total. The Kier molecular flexibility index (Phi) is 12.1. The maximum Gasteiger partial charge on any atom is 0.408 e. The van der Waals surface area contributed by atoms with Gasteiger partial charge in [0.05, 0.1) is 7.11 Å². The molecule has 0 spiro atoms. The molecular formula is C28H37N3O6S. The van der Waals surface area contributed by atoms with Gasteiger partial charge in [-0.05, 0) is 38.2 Å². The van der Waals surface area contributed by atoms with Crippen molar-refractivity contribution >= 4 is 35.6 Å². The Balaban J connectivity index is 2.29. The van der Waals surface area contributed by atoms with Crippen LogP contribution in [0, 0.1) is 0 Å². The maximum atomic E-state index is 13.5. The van der Waals surface area contributed by atoms with Crippen LogP contribution in [0.25, 0.3) is 0 Å². The van der Waals surface area contributed by atoms with Gasteiger partial charge in [-0.3, -0.25) is 9.59 Å². The summed E-state index contributed by atoms with van der Waals surface area (Å²) >= 11 is 1.38. The van der Waals surface area contributed by atoms with E-state index in [1.807, 2.05) is 66.9 Å². The molecule has 0 aliphatic rings. The SMILES string of the molecule is COC(=O)[C@H](CSC)NC(=O)[C@H](Cc1ccccc1)NC(=O)[C@H](Cc1ccccc1)NC(=O)OC(C)(C)C. The van der Waals surface area contributed by atoms with Gasteiger partial charge in [-0.25, -0.2) is 9.59 Å². The normalized spacial score (nSPS) is 13.4. The van der Waals surface area contributed by atoms with Crippen LogP contribution in [-0.2, 0) is 36.7 Å². The van der Waals surface area contributed by atoms with Crippen molar-refractivity contribution in [1.82, 2.24) is 16.0 Å². The van der Waals surface area contributed by atoms with Crippen LogP contribution >= 0.6 is 11.8 Å². The molecule has 10 heteroatoms. The Morgan fingerprint density at radius 2 is 1.21 bits per heavy atom. The van der Waals surface area contributed by atoms with E-state index in [2.05, 4.69) is 16.0 Å². The summed E-state index contributed by atoms with van der Waals surface area (Å²) in [6, 6.07) is 15.5. The number of alkyl carbamates (subject to hydrolysis) is 1. The van der Waals surface area contributed by atoms with E-state index in [1.165, 1.54) is 18.9 Å². The Hall–Kier alpha value is -3.53. The Morgan fingerprint density at radius 1 is 0.763 bits per heavy atom. The van der Waals surface area contributed by atoms with Crippen molar-refractivity contribution in [2.45, 2.75) is 57.3 Å². The van der Waals surface area contributed by atoms with Gasteiger partial charge in [-0.2, -0.15) is 11.8 Å². The highest BCUT2D eigenvalue weighted by molar-refractivity contribution is 7.98. The number of hydrogen-bond acceptors (Lipinski definition) is 7. The predicted molar refractivity (Wildman–Crippen MR) is 148 cm³/mol. The third kappa shape index (κ3) is 10.8. The van der Waals surface area contributed by atoms with Gasteiger partial charge in [0.15, 0.2) is 0 Å². The van der Waals surface area contributed by atoms with Crippen molar-refractivity contribution in [1.29, 1.82) is 0 Å². The summed E-state index contributed by atoms with van der Waals surface area (Å²) in [5.74, 6) is -1.37. The summed E-state index contributed by atoms with van der Waals surface area (Å²) < 4.78 is 10.2. The summed E-state index contributed by atoms with van der Waals surface area (Å²) in [5, 5.41) is 8.11. The fraction of sp³-hybridized carbons (Fsp3) is 0.429. The molecule has 3 amide bonds. The molecule has 0 bridgehead atoms. The van der Waals surface area contributed by atoms with Gasteiger partial charge in [0.2, 0.25) is 11.8 Å². The molecule has 3 atom stereocenters. The lowest BCUT2D eigenvalue weighted by molar-refractivity contribution is -0.144. The van der Waals surface area contributed by atoms with Gasteiger partial charge < -0.3 is 25.4 Å². The standard InChI is InChI=1S/C28H37N3O6S/c1-28(2,3)37-27(35)31-22(17-20-14-10-7-11-15-20)25(33)29-21(16-19-12-8-6-9-13-19)24(32)30-23(18-38-5)26(34)36-4/h6-15,21-23H,16-18H2,1-5H3,(H,29,33)(H,30,32)(H,31,35)/t21-,22-,23-/m0/s1. The summed E-state index contributed by atoms with van der Waals surface area (Å²) in [6.45, 7) is 5.18. The fourth-order valence-corrected chi connectivity index (χ4v) is 4.14. The van der Waals surface area contributed by atoms with Gasteiger partial charge in [0.1, 0.15) is 23.7 Å². The number of ether oxygens (including phenoxy) is 2. The van der Waals surface area contributed by atoms with E-state index in [4.69, 9.17) is 9.47 Å². The van der Waals surface area contributed by atoms with E-state index in [9.17, 15) is 19.2 Å². The van der Waals surface area contributed by atoms with Crippen molar-refractivity contribution in [3.05, 3.63) is 71.8 Å². The lowest BCUT2D eigenvalue weighted by atomic mass is 10.0. The quantitative estimate of drug-likeness (QED) is 0.352. The van der Waals surface area contributed by atoms with Crippen LogP contribution in [0.5, 0.6) is 0 Å². The second-order valence-corrected chi connectivity index (χ2v) is 10.6. The highest BCUT2D eigenvalue weighted by Crippen LogP contribution is 2.10. The zero-order chi connectivity index (χ0) is 28.1. The number of methoxy groups -OCH3 is 1. The number of esters is 1. The van der Waals surface area contributed by atoms with E-state index in [1.54, 1.807) is 20.8 Å². The average Bonchev–Trinajstić information content (AvgIpc) is 2.87. The van der Waals surface area contributed by atoms with E-state index >= 15 is 0 Å². The van der Waals surface area contributed by atoms with Crippen molar-refractivity contribution in [3.63, 3.8) is 0 Å². The Bertz CT molecular complexity index is 1060. The zero-order valence-corrected chi connectivity index (χ0v) is 23.3. The zero-order valence-electron chi connectivity index (χ0n) is 22.5. The first-order valence-corrected chi connectivity index (χ1v) is 13.7. The first kappa shape index (κ1) is 30.7. The van der Waals surface area contributed by atoms with Crippen LogP contribution in [0.3, 0.4) is 0 Å².